The fourth-order valence-electron chi connectivity index (χ4n) is 3.32. The predicted molar refractivity (Wildman–Crippen MR) is 80.6 cm³/mol. The number of likely N-dealkylation sites (N-methyl/N-ethyl adjacent to an activating group) is 1. The second-order valence-corrected chi connectivity index (χ2v) is 6.34. The molecule has 2 unspecified atom stereocenters. The number of rotatable bonds is 4. The molecule has 2 heteroatoms. The summed E-state index contributed by atoms with van der Waals surface area (Å²) in [6.07, 6.45) is 4.08. The van der Waals surface area contributed by atoms with Crippen LogP contribution in [0.15, 0.2) is 24.3 Å². The second-order valence-electron chi connectivity index (χ2n) is 6.34. The van der Waals surface area contributed by atoms with Gasteiger partial charge in [0.25, 0.3) is 0 Å². The van der Waals surface area contributed by atoms with Crippen LogP contribution in [0.2, 0.25) is 0 Å². The van der Waals surface area contributed by atoms with Crippen LogP contribution in [-0.4, -0.2) is 36.6 Å². The quantitative estimate of drug-likeness (QED) is 0.893. The molecule has 1 saturated heterocycles. The number of nitrogens with one attached hydrogen (secondary N) is 1. The zero-order valence-electron chi connectivity index (χ0n) is 12.2. The maximum absolute atomic E-state index is 3.83. The van der Waals surface area contributed by atoms with E-state index >= 15 is 0 Å². The summed E-state index contributed by atoms with van der Waals surface area (Å²) in [5, 5.41) is 3.83. The van der Waals surface area contributed by atoms with Crippen LogP contribution in [0.3, 0.4) is 0 Å². The molecule has 1 heterocycles. The lowest BCUT2D eigenvalue weighted by Gasteiger charge is -2.38. The van der Waals surface area contributed by atoms with Crippen molar-refractivity contribution in [1.29, 1.82) is 0 Å². The topological polar surface area (TPSA) is 15.3 Å². The summed E-state index contributed by atoms with van der Waals surface area (Å²) in [4.78, 5) is 2.61. The Bertz CT molecular complexity index is 425. The van der Waals surface area contributed by atoms with Gasteiger partial charge < -0.3 is 10.2 Å². The number of nitrogens with zero attached hydrogens (tertiary/aromatic N) is 1. The van der Waals surface area contributed by atoms with Crippen molar-refractivity contribution >= 4 is 0 Å². The zero-order valence-corrected chi connectivity index (χ0v) is 12.2. The molecule has 104 valence electrons. The molecule has 19 heavy (non-hydrogen) atoms. The average Bonchev–Trinajstić information content (AvgIpc) is 3.22. The second kappa shape index (κ2) is 5.64. The SMILES string of the molecule is CCN1CC(NC2CC2)CC(c2cccc(C)c2)C1. The van der Waals surface area contributed by atoms with E-state index in [1.165, 1.54) is 50.0 Å². The van der Waals surface area contributed by atoms with Crippen LogP contribution in [0.4, 0.5) is 0 Å². The van der Waals surface area contributed by atoms with Gasteiger partial charge in [0, 0.05) is 25.2 Å². The van der Waals surface area contributed by atoms with E-state index in [4.69, 9.17) is 0 Å². The molecule has 2 atom stereocenters. The molecular formula is C17H26N2. The van der Waals surface area contributed by atoms with Gasteiger partial charge in [-0.15, -0.1) is 0 Å². The summed E-state index contributed by atoms with van der Waals surface area (Å²) in [7, 11) is 0. The Labute approximate surface area is 117 Å². The molecule has 1 N–H and O–H groups in total. The summed E-state index contributed by atoms with van der Waals surface area (Å²) < 4.78 is 0. The molecule has 1 saturated carbocycles. The van der Waals surface area contributed by atoms with Gasteiger partial charge in [-0.25, -0.2) is 0 Å². The molecule has 2 fully saturated rings. The largest absolute Gasteiger partial charge is 0.310 e. The van der Waals surface area contributed by atoms with Crippen molar-refractivity contribution in [3.05, 3.63) is 35.4 Å². The van der Waals surface area contributed by atoms with Gasteiger partial charge in [0.15, 0.2) is 0 Å². The smallest absolute Gasteiger partial charge is 0.0203 e. The Hall–Kier alpha value is -0.860. The Morgan fingerprint density at radius 2 is 2.05 bits per heavy atom. The van der Waals surface area contributed by atoms with E-state index in [-0.39, 0.29) is 0 Å². The third kappa shape index (κ3) is 3.37. The number of hydrogen-bond acceptors (Lipinski definition) is 2. The standard InChI is InChI=1S/C17H26N2/c1-3-19-11-15(14-6-4-5-13(2)9-14)10-17(12-19)18-16-7-8-16/h4-6,9,15-18H,3,7-8,10-12H2,1-2H3. The van der Waals surface area contributed by atoms with Crippen molar-refractivity contribution in [3.8, 4) is 0 Å². The van der Waals surface area contributed by atoms with Crippen LogP contribution in [0.25, 0.3) is 0 Å². The van der Waals surface area contributed by atoms with Crippen molar-refractivity contribution in [2.45, 2.75) is 51.1 Å². The van der Waals surface area contributed by atoms with E-state index in [9.17, 15) is 0 Å². The van der Waals surface area contributed by atoms with Crippen LogP contribution in [-0.2, 0) is 0 Å². The van der Waals surface area contributed by atoms with E-state index in [0.29, 0.717) is 12.0 Å². The fraction of sp³-hybridized carbons (Fsp3) is 0.647. The molecule has 1 aromatic rings. The zero-order chi connectivity index (χ0) is 13.2. The number of piperidine rings is 1. The molecule has 1 aliphatic heterocycles. The number of likely N-dealkylation sites (tertiary alicyclic amines) is 1. The van der Waals surface area contributed by atoms with Gasteiger partial charge in [-0.2, -0.15) is 0 Å². The number of benzene rings is 1. The molecule has 0 bridgehead atoms. The van der Waals surface area contributed by atoms with E-state index < -0.39 is 0 Å². The predicted octanol–water partition coefficient (Wildman–Crippen LogP) is 2.92. The van der Waals surface area contributed by atoms with Crippen LogP contribution in [0, 0.1) is 6.92 Å². The van der Waals surface area contributed by atoms with Gasteiger partial charge in [0.2, 0.25) is 0 Å². The minimum atomic E-state index is 0.687. The Morgan fingerprint density at radius 1 is 1.21 bits per heavy atom. The third-order valence-corrected chi connectivity index (χ3v) is 4.54. The van der Waals surface area contributed by atoms with E-state index in [2.05, 4.69) is 48.3 Å². The lowest BCUT2D eigenvalue weighted by Crippen LogP contribution is -2.49. The first kappa shape index (κ1) is 13.1. The highest BCUT2D eigenvalue weighted by atomic mass is 15.2. The molecule has 1 aromatic carbocycles. The average molecular weight is 258 g/mol. The normalized spacial score (nSPS) is 28.5. The van der Waals surface area contributed by atoms with Crippen molar-refractivity contribution in [2.24, 2.45) is 0 Å². The van der Waals surface area contributed by atoms with Crippen LogP contribution in [0.1, 0.15) is 43.2 Å². The Morgan fingerprint density at radius 3 is 2.74 bits per heavy atom. The van der Waals surface area contributed by atoms with Crippen molar-refractivity contribution < 1.29 is 0 Å². The lowest BCUT2D eigenvalue weighted by atomic mass is 9.87. The minimum Gasteiger partial charge on any atom is -0.310 e. The van der Waals surface area contributed by atoms with E-state index in [0.717, 1.165) is 6.04 Å². The van der Waals surface area contributed by atoms with Gasteiger partial charge in [-0.3, -0.25) is 0 Å². The number of hydrogen-bond donors (Lipinski definition) is 1. The molecule has 3 rings (SSSR count). The van der Waals surface area contributed by atoms with E-state index in [1.807, 2.05) is 0 Å². The highest BCUT2D eigenvalue weighted by Crippen LogP contribution is 2.29. The summed E-state index contributed by atoms with van der Waals surface area (Å²) in [6, 6.07) is 10.6. The number of aryl methyl sites for hydroxylation is 1. The Kier molecular flexibility index (Phi) is 3.90. The van der Waals surface area contributed by atoms with Crippen LogP contribution < -0.4 is 5.32 Å². The van der Waals surface area contributed by atoms with Crippen LogP contribution >= 0.6 is 0 Å². The van der Waals surface area contributed by atoms with Crippen molar-refractivity contribution in [2.75, 3.05) is 19.6 Å². The van der Waals surface area contributed by atoms with Gasteiger partial charge in [0.1, 0.15) is 0 Å². The first-order valence-electron chi connectivity index (χ1n) is 7.79. The molecule has 2 nitrogen and oxygen atoms in total. The monoisotopic (exact) mass is 258 g/mol. The first-order chi connectivity index (χ1) is 9.24. The summed E-state index contributed by atoms with van der Waals surface area (Å²) in [5.41, 5.74) is 2.92. The highest BCUT2D eigenvalue weighted by molar-refractivity contribution is 5.26. The van der Waals surface area contributed by atoms with Gasteiger partial charge in [0.05, 0.1) is 0 Å². The van der Waals surface area contributed by atoms with E-state index in [1.54, 1.807) is 0 Å². The van der Waals surface area contributed by atoms with Crippen molar-refractivity contribution in [1.82, 2.24) is 10.2 Å². The maximum atomic E-state index is 3.83. The summed E-state index contributed by atoms with van der Waals surface area (Å²) in [5.74, 6) is 0.699. The van der Waals surface area contributed by atoms with Crippen molar-refractivity contribution in [3.63, 3.8) is 0 Å². The molecule has 0 amide bonds. The molecule has 0 spiro atoms. The molecule has 1 aliphatic carbocycles. The first-order valence-corrected chi connectivity index (χ1v) is 7.79. The molecule has 2 aliphatic rings. The Balaban J connectivity index is 1.71. The van der Waals surface area contributed by atoms with Gasteiger partial charge in [-0.05, 0) is 44.2 Å². The fourth-order valence-corrected chi connectivity index (χ4v) is 3.32. The molecular weight excluding hydrogens is 232 g/mol. The lowest BCUT2D eigenvalue weighted by molar-refractivity contribution is 0.178. The maximum Gasteiger partial charge on any atom is 0.0203 e. The highest BCUT2D eigenvalue weighted by Gasteiger charge is 2.31. The van der Waals surface area contributed by atoms with Gasteiger partial charge >= 0.3 is 0 Å². The van der Waals surface area contributed by atoms with Crippen LogP contribution in [0.5, 0.6) is 0 Å². The minimum absolute atomic E-state index is 0.687. The third-order valence-electron chi connectivity index (χ3n) is 4.54. The summed E-state index contributed by atoms with van der Waals surface area (Å²) in [6.45, 7) is 8.11. The summed E-state index contributed by atoms with van der Waals surface area (Å²) >= 11 is 0. The molecule has 0 aromatic heterocycles. The van der Waals surface area contributed by atoms with Gasteiger partial charge in [-0.1, -0.05) is 36.8 Å². The molecule has 0 radical (unpaired) electrons.